The number of para-hydroxylation sites is 2. The second kappa shape index (κ2) is 13.0. The first kappa shape index (κ1) is 29.2. The summed E-state index contributed by atoms with van der Waals surface area (Å²) in [5.41, 5.74) is 1.32. The van der Waals surface area contributed by atoms with Crippen molar-refractivity contribution in [3.8, 4) is 11.5 Å². The van der Waals surface area contributed by atoms with Gasteiger partial charge in [-0.15, -0.1) is 0 Å². The summed E-state index contributed by atoms with van der Waals surface area (Å²) in [5, 5.41) is 5.80. The van der Waals surface area contributed by atoms with Crippen molar-refractivity contribution in [2.75, 3.05) is 30.9 Å². The van der Waals surface area contributed by atoms with Gasteiger partial charge in [0.25, 0.3) is 0 Å². The lowest BCUT2D eigenvalue weighted by molar-refractivity contribution is -0.114. The number of ether oxygens (including phenoxy) is 2. The van der Waals surface area contributed by atoms with Gasteiger partial charge in [-0.25, -0.2) is 4.79 Å². The number of halogens is 1. The number of amides is 3. The fraction of sp³-hybridized carbons (Fsp3) is 0.286. The molecular formula is C28H30ClN3O7S. The van der Waals surface area contributed by atoms with Crippen molar-refractivity contribution in [3.63, 3.8) is 0 Å². The minimum Gasteiger partial charge on any atom is -0.495 e. The molecule has 0 aromatic heterocycles. The number of carbonyl (C=O) groups is 2. The third-order valence-corrected chi connectivity index (χ3v) is 7.61. The molecule has 1 fully saturated rings. The van der Waals surface area contributed by atoms with E-state index in [-0.39, 0.29) is 35.7 Å². The quantitative estimate of drug-likeness (QED) is 0.309. The minimum absolute atomic E-state index is 0.00623. The number of methoxy groups -OCH3 is 1. The Bertz CT molecular complexity index is 1460. The van der Waals surface area contributed by atoms with Crippen LogP contribution in [-0.2, 0) is 26.2 Å². The first-order valence-corrected chi connectivity index (χ1v) is 14.3. The smallest absolute Gasteiger partial charge is 0.339 e. The molecule has 3 aromatic carbocycles. The van der Waals surface area contributed by atoms with Crippen molar-refractivity contribution in [2.45, 2.75) is 37.3 Å². The molecule has 1 aliphatic heterocycles. The normalized spacial score (nSPS) is 14.8. The molecule has 0 aliphatic carbocycles. The van der Waals surface area contributed by atoms with E-state index in [1.54, 1.807) is 30.3 Å². The van der Waals surface area contributed by atoms with E-state index in [2.05, 4.69) is 10.6 Å². The molecule has 0 bridgehead atoms. The zero-order valence-electron chi connectivity index (χ0n) is 22.1. The summed E-state index contributed by atoms with van der Waals surface area (Å²) in [4.78, 5) is 26.2. The molecule has 3 amide bonds. The molecule has 1 saturated heterocycles. The van der Waals surface area contributed by atoms with Crippen LogP contribution in [0, 0.1) is 0 Å². The molecule has 4 rings (SSSR count). The number of carbonyl (C=O) groups excluding carboxylic acids is 2. The summed E-state index contributed by atoms with van der Waals surface area (Å²) < 4.78 is 42.9. The number of benzene rings is 3. The van der Waals surface area contributed by atoms with Crippen LogP contribution < -0.4 is 19.6 Å². The maximum atomic E-state index is 13.5. The lowest BCUT2D eigenvalue weighted by Gasteiger charge is -2.27. The summed E-state index contributed by atoms with van der Waals surface area (Å²) in [6, 6.07) is 16.7. The van der Waals surface area contributed by atoms with E-state index in [4.69, 9.17) is 25.3 Å². The number of urea groups is 1. The van der Waals surface area contributed by atoms with E-state index < -0.39 is 16.1 Å². The number of nitrogens with one attached hydrogen (secondary N) is 2. The van der Waals surface area contributed by atoms with Crippen LogP contribution in [0.5, 0.6) is 11.5 Å². The van der Waals surface area contributed by atoms with Gasteiger partial charge in [0.15, 0.2) is 0 Å². The van der Waals surface area contributed by atoms with Crippen molar-refractivity contribution in [1.29, 1.82) is 0 Å². The Morgan fingerprint density at radius 3 is 2.48 bits per heavy atom. The third kappa shape index (κ3) is 7.65. The summed E-state index contributed by atoms with van der Waals surface area (Å²) in [5.74, 6) is 0.244. The van der Waals surface area contributed by atoms with Crippen LogP contribution in [0.15, 0.2) is 71.6 Å². The Balaban J connectivity index is 1.59. The van der Waals surface area contributed by atoms with Gasteiger partial charge >= 0.3 is 16.1 Å². The van der Waals surface area contributed by atoms with Crippen LogP contribution in [0.2, 0.25) is 5.02 Å². The lowest BCUT2D eigenvalue weighted by Crippen LogP contribution is -2.39. The molecule has 12 heteroatoms. The lowest BCUT2D eigenvalue weighted by atomic mass is 10.1. The molecule has 0 spiro atoms. The first-order valence-electron chi connectivity index (χ1n) is 12.6. The topological polar surface area (TPSA) is 123 Å². The molecule has 40 heavy (non-hydrogen) atoms. The molecule has 1 unspecified atom stereocenters. The van der Waals surface area contributed by atoms with Crippen molar-refractivity contribution in [2.24, 2.45) is 0 Å². The molecule has 2 N–H and O–H groups in total. The maximum absolute atomic E-state index is 13.5. The predicted octanol–water partition coefficient (Wildman–Crippen LogP) is 5.29. The van der Waals surface area contributed by atoms with Gasteiger partial charge in [-0.3, -0.25) is 4.79 Å². The zero-order chi connectivity index (χ0) is 28.7. The number of rotatable bonds is 10. The van der Waals surface area contributed by atoms with Gasteiger partial charge in [-0.2, -0.15) is 8.42 Å². The average molecular weight is 588 g/mol. The predicted molar refractivity (Wildman–Crippen MR) is 151 cm³/mol. The maximum Gasteiger partial charge on any atom is 0.339 e. The van der Waals surface area contributed by atoms with E-state index in [0.717, 1.165) is 12.8 Å². The Morgan fingerprint density at radius 2 is 1.80 bits per heavy atom. The van der Waals surface area contributed by atoms with Gasteiger partial charge in [0.2, 0.25) is 5.91 Å². The van der Waals surface area contributed by atoms with Crippen LogP contribution in [0.3, 0.4) is 0 Å². The Morgan fingerprint density at radius 1 is 1.05 bits per heavy atom. The number of hydrogen-bond donors (Lipinski definition) is 2. The van der Waals surface area contributed by atoms with Gasteiger partial charge in [-0.1, -0.05) is 23.7 Å². The molecule has 0 saturated carbocycles. The van der Waals surface area contributed by atoms with Crippen LogP contribution in [0.4, 0.5) is 16.2 Å². The minimum atomic E-state index is -4.25. The highest BCUT2D eigenvalue weighted by Gasteiger charge is 2.26. The number of nitrogens with zero attached hydrogens (tertiary/aromatic N) is 1. The molecule has 1 heterocycles. The summed E-state index contributed by atoms with van der Waals surface area (Å²) in [7, 11) is -2.73. The Labute approximate surface area is 238 Å². The van der Waals surface area contributed by atoms with Gasteiger partial charge in [-0.05, 0) is 67.4 Å². The fourth-order valence-corrected chi connectivity index (χ4v) is 5.39. The highest BCUT2D eigenvalue weighted by Crippen LogP contribution is 2.30. The summed E-state index contributed by atoms with van der Waals surface area (Å²) >= 11 is 6.27. The molecule has 1 atom stereocenters. The highest BCUT2D eigenvalue weighted by molar-refractivity contribution is 7.87. The summed E-state index contributed by atoms with van der Waals surface area (Å²) in [6.07, 6.45) is 1.51. The van der Waals surface area contributed by atoms with E-state index in [1.807, 2.05) is 0 Å². The monoisotopic (exact) mass is 587 g/mol. The van der Waals surface area contributed by atoms with E-state index in [9.17, 15) is 18.0 Å². The fourth-order valence-electron chi connectivity index (χ4n) is 4.23. The van der Waals surface area contributed by atoms with Gasteiger partial charge in [0, 0.05) is 36.3 Å². The van der Waals surface area contributed by atoms with Gasteiger partial charge in [0.05, 0.1) is 25.4 Å². The van der Waals surface area contributed by atoms with Crippen LogP contribution in [-0.4, -0.2) is 51.6 Å². The molecule has 1 aliphatic rings. The first-order chi connectivity index (χ1) is 19.1. The number of hydrogen-bond acceptors (Lipinski definition) is 7. The van der Waals surface area contributed by atoms with E-state index in [1.165, 1.54) is 55.3 Å². The van der Waals surface area contributed by atoms with Crippen molar-refractivity contribution < 1.29 is 31.7 Å². The third-order valence-electron chi connectivity index (χ3n) is 6.13. The van der Waals surface area contributed by atoms with Gasteiger partial charge < -0.3 is 29.2 Å². The van der Waals surface area contributed by atoms with Crippen molar-refractivity contribution in [1.82, 2.24) is 4.90 Å². The standard InChI is InChI=1S/C28H30ClN3O7S/c1-19(33)30-22-10-12-24(13-11-22)40(35,36)39-26-14-9-21(29)16-20(26)17-32(18-23-6-5-15-38-23)28(34)31-25-7-3-4-8-27(25)37-2/h3-4,7-14,16,23H,5-6,15,17-18H2,1-2H3,(H,30,33)(H,31,34). The molecule has 0 radical (unpaired) electrons. The van der Waals surface area contributed by atoms with Crippen LogP contribution in [0.25, 0.3) is 0 Å². The van der Waals surface area contributed by atoms with Crippen molar-refractivity contribution in [3.05, 3.63) is 77.3 Å². The SMILES string of the molecule is COc1ccccc1NC(=O)N(Cc1cc(Cl)ccc1OS(=O)(=O)c1ccc(NC(C)=O)cc1)CC1CCCO1. The van der Waals surface area contributed by atoms with Gasteiger partial charge in [0.1, 0.15) is 16.4 Å². The van der Waals surface area contributed by atoms with Crippen LogP contribution in [0.1, 0.15) is 25.3 Å². The zero-order valence-corrected chi connectivity index (χ0v) is 23.6. The summed E-state index contributed by atoms with van der Waals surface area (Å²) in [6.45, 7) is 2.23. The molecule has 3 aromatic rings. The molecular weight excluding hydrogens is 558 g/mol. The second-order valence-electron chi connectivity index (χ2n) is 9.14. The number of anilines is 2. The average Bonchev–Trinajstić information content (AvgIpc) is 3.43. The van der Waals surface area contributed by atoms with Crippen molar-refractivity contribution >= 4 is 45.0 Å². The Hall–Kier alpha value is -3.80. The van der Waals surface area contributed by atoms with Crippen LogP contribution >= 0.6 is 11.6 Å². The molecule has 10 nitrogen and oxygen atoms in total. The molecule has 212 valence electrons. The van der Waals surface area contributed by atoms with E-state index >= 15 is 0 Å². The largest absolute Gasteiger partial charge is 0.495 e. The Kier molecular flexibility index (Phi) is 9.51. The second-order valence-corrected chi connectivity index (χ2v) is 11.1. The van der Waals surface area contributed by atoms with E-state index in [0.29, 0.717) is 34.3 Å². The highest BCUT2D eigenvalue weighted by atomic mass is 35.5.